The second kappa shape index (κ2) is 7.64. The standard InChI is InChI=1S/C15H20BrNO3/c1-2-20-15(18)14(11-7-9-19-10-8-11)17-13-5-3-12(16)4-6-13/h3-6,11,14,17H,2,7-10H2,1H3. The van der Waals surface area contributed by atoms with Gasteiger partial charge in [0, 0.05) is 23.4 Å². The van der Waals surface area contributed by atoms with E-state index in [4.69, 9.17) is 9.47 Å². The van der Waals surface area contributed by atoms with Crippen LogP contribution >= 0.6 is 15.9 Å². The Morgan fingerprint density at radius 2 is 2.05 bits per heavy atom. The summed E-state index contributed by atoms with van der Waals surface area (Å²) < 4.78 is 11.6. The Balaban J connectivity index is 2.08. The van der Waals surface area contributed by atoms with E-state index in [1.54, 1.807) is 0 Å². The number of hydrogen-bond acceptors (Lipinski definition) is 4. The minimum Gasteiger partial charge on any atom is -0.464 e. The van der Waals surface area contributed by atoms with Crippen molar-refractivity contribution in [3.05, 3.63) is 28.7 Å². The molecule has 1 aromatic carbocycles. The molecule has 5 heteroatoms. The Morgan fingerprint density at radius 3 is 2.65 bits per heavy atom. The normalized spacial score (nSPS) is 17.5. The number of ether oxygens (including phenoxy) is 2. The maximum Gasteiger partial charge on any atom is 0.328 e. The molecule has 1 N–H and O–H groups in total. The number of halogens is 1. The van der Waals surface area contributed by atoms with E-state index in [1.165, 1.54) is 0 Å². The van der Waals surface area contributed by atoms with Crippen molar-refractivity contribution < 1.29 is 14.3 Å². The maximum atomic E-state index is 12.2. The quantitative estimate of drug-likeness (QED) is 0.835. The van der Waals surface area contributed by atoms with Crippen LogP contribution in [0.25, 0.3) is 0 Å². The SMILES string of the molecule is CCOC(=O)C(Nc1ccc(Br)cc1)C1CCOCC1. The summed E-state index contributed by atoms with van der Waals surface area (Å²) in [5, 5.41) is 3.31. The Morgan fingerprint density at radius 1 is 1.40 bits per heavy atom. The molecule has 1 atom stereocenters. The van der Waals surface area contributed by atoms with Gasteiger partial charge >= 0.3 is 5.97 Å². The highest BCUT2D eigenvalue weighted by molar-refractivity contribution is 9.10. The lowest BCUT2D eigenvalue weighted by Gasteiger charge is -2.30. The Hall–Kier alpha value is -1.07. The molecule has 1 aliphatic rings. The molecule has 0 aromatic heterocycles. The van der Waals surface area contributed by atoms with Gasteiger partial charge in [-0.3, -0.25) is 0 Å². The molecule has 1 saturated heterocycles. The molecule has 1 aliphatic heterocycles. The zero-order valence-corrected chi connectivity index (χ0v) is 13.2. The molecule has 1 heterocycles. The zero-order valence-electron chi connectivity index (χ0n) is 11.6. The summed E-state index contributed by atoms with van der Waals surface area (Å²) in [6.07, 6.45) is 1.76. The van der Waals surface area contributed by atoms with E-state index in [1.807, 2.05) is 31.2 Å². The number of anilines is 1. The summed E-state index contributed by atoms with van der Waals surface area (Å²) >= 11 is 3.41. The summed E-state index contributed by atoms with van der Waals surface area (Å²) in [6.45, 7) is 3.66. The highest BCUT2D eigenvalue weighted by atomic mass is 79.9. The van der Waals surface area contributed by atoms with Crippen LogP contribution in [0.15, 0.2) is 28.7 Å². The van der Waals surface area contributed by atoms with Crippen LogP contribution < -0.4 is 5.32 Å². The molecule has 0 radical (unpaired) electrons. The minimum absolute atomic E-state index is 0.178. The Bertz CT molecular complexity index is 429. The van der Waals surface area contributed by atoms with E-state index in [-0.39, 0.29) is 17.9 Å². The first-order valence-corrected chi connectivity index (χ1v) is 7.76. The Kier molecular flexibility index (Phi) is 5.86. The monoisotopic (exact) mass is 341 g/mol. The van der Waals surface area contributed by atoms with Gasteiger partial charge in [0.2, 0.25) is 0 Å². The first kappa shape index (κ1) is 15.3. The van der Waals surface area contributed by atoms with E-state index in [0.29, 0.717) is 19.8 Å². The van der Waals surface area contributed by atoms with Crippen molar-refractivity contribution in [1.29, 1.82) is 0 Å². The number of nitrogens with one attached hydrogen (secondary N) is 1. The fourth-order valence-corrected chi connectivity index (χ4v) is 2.64. The Labute approximate surface area is 128 Å². The third-order valence-electron chi connectivity index (χ3n) is 3.44. The van der Waals surface area contributed by atoms with Crippen molar-refractivity contribution in [3.63, 3.8) is 0 Å². The molecule has 2 rings (SSSR count). The predicted molar refractivity (Wildman–Crippen MR) is 81.7 cm³/mol. The summed E-state index contributed by atoms with van der Waals surface area (Å²) in [4.78, 5) is 12.2. The van der Waals surface area contributed by atoms with E-state index >= 15 is 0 Å². The van der Waals surface area contributed by atoms with Crippen LogP contribution in [0.2, 0.25) is 0 Å². The first-order chi connectivity index (χ1) is 9.70. The lowest BCUT2D eigenvalue weighted by atomic mass is 9.91. The van der Waals surface area contributed by atoms with Gasteiger partial charge in [-0.05, 0) is 49.9 Å². The average Bonchev–Trinajstić information content (AvgIpc) is 2.48. The second-order valence-electron chi connectivity index (χ2n) is 4.83. The van der Waals surface area contributed by atoms with Crippen molar-refractivity contribution in [3.8, 4) is 0 Å². The van der Waals surface area contributed by atoms with Crippen molar-refractivity contribution in [2.45, 2.75) is 25.8 Å². The number of benzene rings is 1. The van der Waals surface area contributed by atoms with Gasteiger partial charge in [-0.25, -0.2) is 4.79 Å². The topological polar surface area (TPSA) is 47.6 Å². The summed E-state index contributed by atoms with van der Waals surface area (Å²) in [7, 11) is 0. The largest absolute Gasteiger partial charge is 0.464 e. The highest BCUT2D eigenvalue weighted by Gasteiger charge is 2.30. The molecule has 110 valence electrons. The van der Waals surface area contributed by atoms with Gasteiger partial charge in [0.25, 0.3) is 0 Å². The van der Waals surface area contributed by atoms with Gasteiger partial charge in [0.15, 0.2) is 0 Å². The molecule has 1 aromatic rings. The van der Waals surface area contributed by atoms with Crippen LogP contribution in [-0.2, 0) is 14.3 Å². The van der Waals surface area contributed by atoms with Crippen LogP contribution in [0.3, 0.4) is 0 Å². The van der Waals surface area contributed by atoms with Crippen LogP contribution in [-0.4, -0.2) is 31.8 Å². The van der Waals surface area contributed by atoms with Gasteiger partial charge in [-0.1, -0.05) is 15.9 Å². The number of rotatable bonds is 5. The molecule has 1 unspecified atom stereocenters. The van der Waals surface area contributed by atoms with E-state index < -0.39 is 0 Å². The number of carbonyl (C=O) groups excluding carboxylic acids is 1. The van der Waals surface area contributed by atoms with Gasteiger partial charge in [0.05, 0.1) is 6.61 Å². The van der Waals surface area contributed by atoms with Crippen LogP contribution in [0.5, 0.6) is 0 Å². The number of hydrogen-bond donors (Lipinski definition) is 1. The van der Waals surface area contributed by atoms with Gasteiger partial charge in [-0.15, -0.1) is 0 Å². The van der Waals surface area contributed by atoms with Gasteiger partial charge in [-0.2, -0.15) is 0 Å². The third kappa shape index (κ3) is 4.21. The maximum absolute atomic E-state index is 12.2. The summed E-state index contributed by atoms with van der Waals surface area (Å²) in [6, 6.07) is 7.51. The van der Waals surface area contributed by atoms with E-state index in [9.17, 15) is 4.79 Å². The average molecular weight is 342 g/mol. The highest BCUT2D eigenvalue weighted by Crippen LogP contribution is 2.24. The summed E-state index contributed by atoms with van der Waals surface area (Å²) in [5.74, 6) is 0.0776. The van der Waals surface area contributed by atoms with Crippen LogP contribution in [0.4, 0.5) is 5.69 Å². The van der Waals surface area contributed by atoms with Crippen LogP contribution in [0.1, 0.15) is 19.8 Å². The number of esters is 1. The van der Waals surface area contributed by atoms with E-state index in [0.717, 1.165) is 23.0 Å². The van der Waals surface area contributed by atoms with Crippen molar-refractivity contribution in [1.82, 2.24) is 0 Å². The van der Waals surface area contributed by atoms with Crippen LogP contribution in [0, 0.1) is 5.92 Å². The fourth-order valence-electron chi connectivity index (χ4n) is 2.38. The third-order valence-corrected chi connectivity index (χ3v) is 3.97. The second-order valence-corrected chi connectivity index (χ2v) is 5.75. The summed E-state index contributed by atoms with van der Waals surface area (Å²) in [5.41, 5.74) is 0.928. The molecule has 1 fully saturated rings. The fraction of sp³-hybridized carbons (Fsp3) is 0.533. The van der Waals surface area contributed by atoms with Crippen molar-refractivity contribution in [2.75, 3.05) is 25.1 Å². The van der Waals surface area contributed by atoms with E-state index in [2.05, 4.69) is 21.2 Å². The zero-order chi connectivity index (χ0) is 14.4. The molecule has 0 saturated carbocycles. The molecule has 0 amide bonds. The molecule has 4 nitrogen and oxygen atoms in total. The molecule has 0 bridgehead atoms. The number of carbonyl (C=O) groups is 1. The smallest absolute Gasteiger partial charge is 0.328 e. The first-order valence-electron chi connectivity index (χ1n) is 6.97. The molecule has 0 spiro atoms. The predicted octanol–water partition coefficient (Wildman–Crippen LogP) is 3.22. The van der Waals surface area contributed by atoms with Gasteiger partial charge < -0.3 is 14.8 Å². The van der Waals surface area contributed by atoms with Crippen molar-refractivity contribution >= 4 is 27.6 Å². The van der Waals surface area contributed by atoms with Gasteiger partial charge in [0.1, 0.15) is 6.04 Å². The van der Waals surface area contributed by atoms with Crippen molar-refractivity contribution in [2.24, 2.45) is 5.92 Å². The lowest BCUT2D eigenvalue weighted by Crippen LogP contribution is -2.41. The lowest BCUT2D eigenvalue weighted by molar-refractivity contribution is -0.146. The molecular formula is C15H20BrNO3. The molecular weight excluding hydrogens is 322 g/mol. The molecule has 0 aliphatic carbocycles. The minimum atomic E-state index is -0.306. The molecule has 20 heavy (non-hydrogen) atoms.